The summed E-state index contributed by atoms with van der Waals surface area (Å²) in [6, 6.07) is 6.60. The summed E-state index contributed by atoms with van der Waals surface area (Å²) in [5.74, 6) is -0.548. The fraction of sp³-hybridized carbons (Fsp3) is 0.222. The number of hydrogen-bond acceptors (Lipinski definition) is 5. The maximum atomic E-state index is 12.4. The number of nitrogens with zero attached hydrogens (tertiary/aromatic N) is 2. The van der Waals surface area contributed by atoms with Gasteiger partial charge in [-0.1, -0.05) is 17.7 Å². The molecule has 0 fully saturated rings. The quantitative estimate of drug-likeness (QED) is 0.715. The lowest BCUT2D eigenvalue weighted by Gasteiger charge is -2.18. The molecular formula is C18H18ClN5O3. The van der Waals surface area contributed by atoms with Crippen LogP contribution in [0.2, 0.25) is 5.02 Å². The number of aromatic nitrogens is 1. The first-order chi connectivity index (χ1) is 12.9. The Kier molecular flexibility index (Phi) is 5.27. The molecule has 0 saturated heterocycles. The van der Waals surface area contributed by atoms with Crippen LogP contribution in [0.3, 0.4) is 0 Å². The highest BCUT2D eigenvalue weighted by Crippen LogP contribution is 2.26. The first-order valence-electron chi connectivity index (χ1n) is 8.23. The van der Waals surface area contributed by atoms with Gasteiger partial charge in [0.15, 0.2) is 0 Å². The molecule has 1 aromatic carbocycles. The maximum absolute atomic E-state index is 12.4. The van der Waals surface area contributed by atoms with Gasteiger partial charge < -0.3 is 21.3 Å². The minimum atomic E-state index is -0.290. The van der Waals surface area contributed by atoms with Gasteiger partial charge in [0.25, 0.3) is 11.8 Å². The Bertz CT molecular complexity index is 931. The molecular weight excluding hydrogens is 370 g/mol. The minimum absolute atomic E-state index is 0.133. The largest absolute Gasteiger partial charge is 0.382 e. The first kappa shape index (κ1) is 18.7. The van der Waals surface area contributed by atoms with E-state index in [0.717, 1.165) is 0 Å². The summed E-state index contributed by atoms with van der Waals surface area (Å²) >= 11 is 5.89. The maximum Gasteiger partial charge on any atom is 0.255 e. The molecule has 8 nitrogen and oxygen atoms in total. The fourth-order valence-corrected chi connectivity index (χ4v) is 2.95. The van der Waals surface area contributed by atoms with E-state index < -0.39 is 0 Å². The number of carbonyl (C=O) groups is 3. The number of nitrogens with one attached hydrogen (secondary N) is 2. The highest BCUT2D eigenvalue weighted by atomic mass is 35.5. The number of pyridine rings is 1. The molecule has 27 heavy (non-hydrogen) atoms. The molecule has 4 N–H and O–H groups in total. The van der Waals surface area contributed by atoms with E-state index in [1.54, 1.807) is 25.2 Å². The average Bonchev–Trinajstić information content (AvgIpc) is 3.03. The second-order valence-electron chi connectivity index (χ2n) is 6.13. The van der Waals surface area contributed by atoms with Crippen molar-refractivity contribution in [2.75, 3.05) is 31.2 Å². The van der Waals surface area contributed by atoms with Gasteiger partial charge in [-0.05, 0) is 23.8 Å². The second kappa shape index (κ2) is 7.63. The molecule has 140 valence electrons. The molecule has 3 amide bonds. The van der Waals surface area contributed by atoms with E-state index in [1.807, 2.05) is 0 Å². The van der Waals surface area contributed by atoms with Crippen molar-refractivity contribution in [3.05, 3.63) is 52.2 Å². The molecule has 1 aromatic heterocycles. The lowest BCUT2D eigenvalue weighted by molar-refractivity contribution is -0.115. The van der Waals surface area contributed by atoms with E-state index in [1.165, 1.54) is 17.2 Å². The van der Waals surface area contributed by atoms with Crippen LogP contribution in [0, 0.1) is 0 Å². The summed E-state index contributed by atoms with van der Waals surface area (Å²) in [4.78, 5) is 41.6. The lowest BCUT2D eigenvalue weighted by Crippen LogP contribution is -2.36. The van der Waals surface area contributed by atoms with Crippen molar-refractivity contribution in [2.45, 2.75) is 6.42 Å². The molecule has 0 unspecified atom stereocenters. The molecule has 1 aliphatic heterocycles. The zero-order chi connectivity index (χ0) is 19.6. The Balaban J connectivity index is 1.57. The smallest absolute Gasteiger partial charge is 0.255 e. The van der Waals surface area contributed by atoms with Gasteiger partial charge in [-0.25, -0.2) is 4.98 Å². The van der Waals surface area contributed by atoms with Crippen LogP contribution < -0.4 is 16.4 Å². The average molecular weight is 388 g/mol. The Morgan fingerprint density at radius 1 is 1.41 bits per heavy atom. The number of hydrogen-bond donors (Lipinski definition) is 3. The summed E-state index contributed by atoms with van der Waals surface area (Å²) in [6.45, 7) is 0.543. The number of carbonyl (C=O) groups excluding carboxylic acids is 3. The molecule has 2 heterocycles. The summed E-state index contributed by atoms with van der Waals surface area (Å²) in [5.41, 5.74) is 7.65. The van der Waals surface area contributed by atoms with Gasteiger partial charge in [0.1, 0.15) is 5.82 Å². The molecule has 3 rings (SSSR count). The van der Waals surface area contributed by atoms with Crippen LogP contribution in [0.1, 0.15) is 26.3 Å². The summed E-state index contributed by atoms with van der Waals surface area (Å²) < 4.78 is 0. The zero-order valence-electron chi connectivity index (χ0n) is 14.6. The standard InChI is InChI=1S/C18H18ClN5O3/c1-24(18(27)10-7-13(19)16(20)22-9-10)6-5-21-17(26)11-3-2-4-14-12(11)8-15(25)23-14/h2-4,7,9H,5-6,8H2,1H3,(H2,20,22)(H,21,26)(H,23,25). The van der Waals surface area contributed by atoms with E-state index in [9.17, 15) is 14.4 Å². The molecule has 9 heteroatoms. The van der Waals surface area contributed by atoms with Crippen molar-refractivity contribution in [3.63, 3.8) is 0 Å². The lowest BCUT2D eigenvalue weighted by atomic mass is 10.0. The van der Waals surface area contributed by atoms with Crippen molar-refractivity contribution >= 4 is 40.8 Å². The third-order valence-corrected chi connectivity index (χ3v) is 4.53. The molecule has 1 aliphatic rings. The number of fused-ring (bicyclic) bond motifs is 1. The predicted octanol–water partition coefficient (Wildman–Crippen LogP) is 1.31. The van der Waals surface area contributed by atoms with E-state index >= 15 is 0 Å². The third-order valence-electron chi connectivity index (χ3n) is 4.23. The molecule has 0 aliphatic carbocycles. The Hall–Kier alpha value is -3.13. The number of benzene rings is 1. The highest BCUT2D eigenvalue weighted by Gasteiger charge is 2.23. The number of nitrogens with two attached hydrogens (primary N) is 1. The third kappa shape index (κ3) is 4.01. The predicted molar refractivity (Wildman–Crippen MR) is 102 cm³/mol. The van der Waals surface area contributed by atoms with Crippen molar-refractivity contribution < 1.29 is 14.4 Å². The van der Waals surface area contributed by atoms with Crippen LogP contribution >= 0.6 is 11.6 Å². The number of amides is 3. The van der Waals surface area contributed by atoms with E-state index in [0.29, 0.717) is 28.9 Å². The summed E-state index contributed by atoms with van der Waals surface area (Å²) in [5, 5.41) is 5.69. The van der Waals surface area contributed by atoms with Crippen LogP contribution in [0.5, 0.6) is 0 Å². The van der Waals surface area contributed by atoms with Crippen LogP contribution in [0.25, 0.3) is 0 Å². The number of rotatable bonds is 5. The van der Waals surface area contributed by atoms with Crippen LogP contribution in [0.4, 0.5) is 11.5 Å². The van der Waals surface area contributed by atoms with Gasteiger partial charge in [-0.2, -0.15) is 0 Å². The fourth-order valence-electron chi connectivity index (χ4n) is 2.78. The van der Waals surface area contributed by atoms with Crippen molar-refractivity contribution in [3.8, 4) is 0 Å². The van der Waals surface area contributed by atoms with Gasteiger partial charge in [-0.15, -0.1) is 0 Å². The Morgan fingerprint density at radius 3 is 2.93 bits per heavy atom. The molecule has 0 saturated carbocycles. The molecule has 0 spiro atoms. The van der Waals surface area contributed by atoms with Gasteiger partial charge >= 0.3 is 0 Å². The summed E-state index contributed by atoms with van der Waals surface area (Å²) in [7, 11) is 1.61. The normalized spacial score (nSPS) is 12.3. The molecule has 0 atom stereocenters. The molecule has 0 radical (unpaired) electrons. The van der Waals surface area contributed by atoms with Crippen molar-refractivity contribution in [1.29, 1.82) is 0 Å². The van der Waals surface area contributed by atoms with Gasteiger partial charge in [0, 0.05) is 37.6 Å². The minimum Gasteiger partial charge on any atom is -0.382 e. The molecule has 0 bridgehead atoms. The Morgan fingerprint density at radius 2 is 2.19 bits per heavy atom. The zero-order valence-corrected chi connectivity index (χ0v) is 15.3. The second-order valence-corrected chi connectivity index (χ2v) is 6.54. The van der Waals surface area contributed by atoms with Crippen molar-refractivity contribution in [2.24, 2.45) is 0 Å². The van der Waals surface area contributed by atoms with Gasteiger partial charge in [-0.3, -0.25) is 14.4 Å². The van der Waals surface area contributed by atoms with E-state index in [2.05, 4.69) is 15.6 Å². The Labute approximate surface area is 160 Å². The number of nitrogen functional groups attached to an aromatic ring is 1. The topological polar surface area (TPSA) is 117 Å². The number of anilines is 2. The van der Waals surface area contributed by atoms with Gasteiger partial charge in [0.2, 0.25) is 5.91 Å². The SMILES string of the molecule is CN(CCNC(=O)c1cccc2c1CC(=O)N2)C(=O)c1cnc(N)c(Cl)c1. The van der Waals surface area contributed by atoms with Crippen LogP contribution in [0.15, 0.2) is 30.5 Å². The number of halogens is 1. The summed E-state index contributed by atoms with van der Waals surface area (Å²) in [6.07, 6.45) is 1.54. The first-order valence-corrected chi connectivity index (χ1v) is 8.61. The van der Waals surface area contributed by atoms with E-state index in [-0.39, 0.29) is 41.5 Å². The van der Waals surface area contributed by atoms with Crippen LogP contribution in [-0.4, -0.2) is 47.7 Å². The monoisotopic (exact) mass is 387 g/mol. The highest BCUT2D eigenvalue weighted by molar-refractivity contribution is 6.33. The van der Waals surface area contributed by atoms with Crippen molar-refractivity contribution in [1.82, 2.24) is 15.2 Å². The van der Waals surface area contributed by atoms with Crippen LogP contribution in [-0.2, 0) is 11.2 Å². The number of likely N-dealkylation sites (N-methyl/N-ethyl adjacent to an activating group) is 1. The molecule has 2 aromatic rings. The van der Waals surface area contributed by atoms with E-state index in [4.69, 9.17) is 17.3 Å². The van der Waals surface area contributed by atoms with Gasteiger partial charge in [0.05, 0.1) is 17.0 Å².